The van der Waals surface area contributed by atoms with E-state index >= 15 is 0 Å². The lowest BCUT2D eigenvalue weighted by atomic mass is 9.84. The number of para-hydroxylation sites is 2. The minimum Gasteiger partial charge on any atom is -0.491 e. The maximum atomic E-state index is 11.9. The number of hydrogen-bond donors (Lipinski definition) is 1. The van der Waals surface area contributed by atoms with E-state index in [1.807, 2.05) is 24.3 Å². The molecule has 4 nitrogen and oxygen atoms in total. The lowest BCUT2D eigenvalue weighted by molar-refractivity contribution is 0.0118. The Balaban J connectivity index is 1.51. The smallest absolute Gasteiger partial charge is 0.122 e. The van der Waals surface area contributed by atoms with Crippen molar-refractivity contribution in [3.8, 4) is 11.5 Å². The van der Waals surface area contributed by atoms with Crippen LogP contribution in [0.2, 0.25) is 0 Å². The number of unbranched alkanes of at least 4 members (excludes halogenated alkanes) is 11. The topological polar surface area (TPSA) is 47.9 Å². The van der Waals surface area contributed by atoms with E-state index in [1.165, 1.54) is 81.8 Å². The average molecular weight is 539 g/mol. The summed E-state index contributed by atoms with van der Waals surface area (Å²) >= 11 is 0. The van der Waals surface area contributed by atoms with Gasteiger partial charge in [-0.2, -0.15) is 0 Å². The molecule has 0 amide bonds. The normalized spacial score (nSPS) is 16.5. The highest BCUT2D eigenvalue weighted by Gasteiger charge is 2.27. The predicted octanol–water partition coefficient (Wildman–Crippen LogP) is 8.86. The fourth-order valence-corrected chi connectivity index (χ4v) is 5.63. The first-order valence-corrected chi connectivity index (χ1v) is 15.9. The third-order valence-corrected chi connectivity index (χ3v) is 8.13. The van der Waals surface area contributed by atoms with Gasteiger partial charge < -0.3 is 19.3 Å². The van der Waals surface area contributed by atoms with E-state index < -0.39 is 5.60 Å². The summed E-state index contributed by atoms with van der Waals surface area (Å²) < 4.78 is 17.8. The van der Waals surface area contributed by atoms with Crippen LogP contribution in [-0.2, 0) is 17.6 Å². The number of fused-ring (bicyclic) bond motifs is 2. The summed E-state index contributed by atoms with van der Waals surface area (Å²) in [6.45, 7) is 4.36. The van der Waals surface area contributed by atoms with Gasteiger partial charge in [0.2, 0.25) is 0 Å². The Bertz CT molecular complexity index is 840. The van der Waals surface area contributed by atoms with Crippen molar-refractivity contribution in [1.82, 2.24) is 0 Å². The van der Waals surface area contributed by atoms with Crippen molar-refractivity contribution in [2.45, 2.75) is 122 Å². The summed E-state index contributed by atoms with van der Waals surface area (Å²) in [6, 6.07) is 16.5. The zero-order valence-electron chi connectivity index (χ0n) is 24.6. The highest BCUT2D eigenvalue weighted by Crippen LogP contribution is 2.31. The van der Waals surface area contributed by atoms with Crippen LogP contribution in [0.15, 0.2) is 48.5 Å². The Hall–Kier alpha value is -2.04. The lowest BCUT2D eigenvalue weighted by Gasteiger charge is -2.29. The van der Waals surface area contributed by atoms with E-state index in [1.54, 1.807) is 0 Å². The second-order valence-electron chi connectivity index (χ2n) is 11.4. The summed E-state index contributed by atoms with van der Waals surface area (Å²) in [5, 5.41) is 11.9. The quantitative estimate of drug-likeness (QED) is 0.259. The molecule has 3 rings (SSSR count). The number of aryl methyl sites for hydroxylation is 2. The van der Waals surface area contributed by atoms with Gasteiger partial charge in [0.1, 0.15) is 24.7 Å². The van der Waals surface area contributed by atoms with Crippen molar-refractivity contribution in [3.05, 3.63) is 59.7 Å². The Kier molecular flexibility index (Phi) is 15.4. The molecule has 0 saturated carbocycles. The number of benzene rings is 2. The Morgan fingerprint density at radius 3 is 1.51 bits per heavy atom. The first-order chi connectivity index (χ1) is 19.2. The molecule has 39 heavy (non-hydrogen) atoms. The van der Waals surface area contributed by atoms with Gasteiger partial charge in [0.05, 0.1) is 18.8 Å². The van der Waals surface area contributed by atoms with Crippen LogP contribution >= 0.6 is 0 Å². The van der Waals surface area contributed by atoms with Crippen molar-refractivity contribution in [2.24, 2.45) is 0 Å². The molecule has 0 spiro atoms. The molecule has 1 aliphatic rings. The molecule has 1 heterocycles. The number of hydrogen-bond acceptors (Lipinski definition) is 4. The molecule has 2 aromatic rings. The standard InChI is InChI=1S/C35H54O4/c1-2-3-4-5-6-7-8-9-10-11-12-17-24-35(36)25-22-31-18-13-15-20-33(31)38-29-27-37-28-30-39-34-21-16-14-19-32(34)23-26-35/h13-16,18-21,36H,2-12,17,22-30H2,1H3. The average Bonchev–Trinajstić information content (AvgIpc) is 2.96. The maximum Gasteiger partial charge on any atom is 0.122 e. The van der Waals surface area contributed by atoms with Crippen molar-refractivity contribution < 1.29 is 19.3 Å². The van der Waals surface area contributed by atoms with Gasteiger partial charge in [0.25, 0.3) is 0 Å². The molecule has 0 unspecified atom stereocenters. The van der Waals surface area contributed by atoms with Crippen molar-refractivity contribution in [1.29, 1.82) is 0 Å². The van der Waals surface area contributed by atoms with Gasteiger partial charge in [-0.25, -0.2) is 0 Å². The van der Waals surface area contributed by atoms with Crippen LogP contribution in [0.5, 0.6) is 11.5 Å². The van der Waals surface area contributed by atoms with E-state index in [-0.39, 0.29) is 0 Å². The highest BCUT2D eigenvalue weighted by atomic mass is 16.5. The first kappa shape index (κ1) is 31.5. The zero-order chi connectivity index (χ0) is 27.4. The molecule has 1 N–H and O–H groups in total. The van der Waals surface area contributed by atoms with Crippen LogP contribution in [-0.4, -0.2) is 37.1 Å². The molecule has 4 heteroatoms. The number of ether oxygens (including phenoxy) is 3. The molecule has 0 saturated heterocycles. The summed E-state index contributed by atoms with van der Waals surface area (Å²) in [5.74, 6) is 1.81. The minimum atomic E-state index is -0.696. The molecule has 2 aromatic carbocycles. The minimum absolute atomic E-state index is 0.511. The molecule has 1 aliphatic heterocycles. The molecule has 0 aromatic heterocycles. The second-order valence-corrected chi connectivity index (χ2v) is 11.4. The van der Waals surface area contributed by atoms with Crippen molar-refractivity contribution >= 4 is 0 Å². The van der Waals surface area contributed by atoms with Gasteiger partial charge >= 0.3 is 0 Å². The molecule has 218 valence electrons. The molecular formula is C35H54O4. The van der Waals surface area contributed by atoms with Crippen LogP contribution in [0.4, 0.5) is 0 Å². The molecule has 0 fully saturated rings. The van der Waals surface area contributed by atoms with Crippen LogP contribution in [0.25, 0.3) is 0 Å². The third-order valence-electron chi connectivity index (χ3n) is 8.13. The van der Waals surface area contributed by atoms with Gasteiger partial charge in [-0.1, -0.05) is 120 Å². The van der Waals surface area contributed by atoms with E-state index in [0.29, 0.717) is 26.4 Å². The van der Waals surface area contributed by atoms with E-state index in [2.05, 4.69) is 31.2 Å². The van der Waals surface area contributed by atoms with E-state index in [4.69, 9.17) is 14.2 Å². The Labute approximate surface area is 238 Å². The summed E-state index contributed by atoms with van der Waals surface area (Å²) in [6.07, 6.45) is 19.9. The van der Waals surface area contributed by atoms with Crippen molar-refractivity contribution in [2.75, 3.05) is 26.4 Å². The van der Waals surface area contributed by atoms with Crippen LogP contribution in [0.1, 0.15) is 114 Å². The summed E-state index contributed by atoms with van der Waals surface area (Å²) in [7, 11) is 0. The zero-order valence-corrected chi connectivity index (χ0v) is 24.6. The Morgan fingerprint density at radius 2 is 1.03 bits per heavy atom. The van der Waals surface area contributed by atoms with Gasteiger partial charge in [-0.05, 0) is 55.4 Å². The van der Waals surface area contributed by atoms with Crippen LogP contribution in [0.3, 0.4) is 0 Å². The summed E-state index contributed by atoms with van der Waals surface area (Å²) in [4.78, 5) is 0. The first-order valence-electron chi connectivity index (χ1n) is 15.9. The number of aliphatic hydroxyl groups is 1. The lowest BCUT2D eigenvalue weighted by Crippen LogP contribution is -2.30. The molecule has 0 bridgehead atoms. The molecule has 0 aliphatic carbocycles. The molecule has 0 radical (unpaired) electrons. The van der Waals surface area contributed by atoms with Crippen molar-refractivity contribution in [3.63, 3.8) is 0 Å². The van der Waals surface area contributed by atoms with Gasteiger partial charge in [-0.15, -0.1) is 0 Å². The summed E-state index contributed by atoms with van der Waals surface area (Å²) in [5.41, 5.74) is 1.64. The van der Waals surface area contributed by atoms with E-state index in [0.717, 1.165) is 50.0 Å². The van der Waals surface area contributed by atoms with E-state index in [9.17, 15) is 5.11 Å². The maximum absolute atomic E-state index is 11.9. The van der Waals surface area contributed by atoms with Gasteiger partial charge in [0, 0.05) is 0 Å². The third kappa shape index (κ3) is 12.8. The highest BCUT2D eigenvalue weighted by molar-refractivity contribution is 5.34. The van der Waals surface area contributed by atoms with Gasteiger partial charge in [0.15, 0.2) is 0 Å². The molecular weight excluding hydrogens is 484 g/mol. The fourth-order valence-electron chi connectivity index (χ4n) is 5.63. The van der Waals surface area contributed by atoms with Crippen LogP contribution in [0, 0.1) is 0 Å². The van der Waals surface area contributed by atoms with Crippen LogP contribution < -0.4 is 9.47 Å². The largest absolute Gasteiger partial charge is 0.491 e. The molecule has 0 atom stereocenters. The fraction of sp³-hybridized carbons (Fsp3) is 0.657. The van der Waals surface area contributed by atoms with Gasteiger partial charge in [-0.3, -0.25) is 0 Å². The Morgan fingerprint density at radius 1 is 0.590 bits per heavy atom. The number of rotatable bonds is 13. The second kappa shape index (κ2) is 19.1. The monoisotopic (exact) mass is 538 g/mol. The predicted molar refractivity (Wildman–Crippen MR) is 162 cm³/mol. The SMILES string of the molecule is CCCCCCCCCCCCCCC1(O)CCc2ccccc2OCCOCCOc2ccccc2CC1.